The van der Waals surface area contributed by atoms with Gasteiger partial charge in [0.1, 0.15) is 0 Å². The first-order valence-corrected chi connectivity index (χ1v) is 7.85. The van der Waals surface area contributed by atoms with Gasteiger partial charge in [-0.25, -0.2) is 0 Å². The zero-order valence-corrected chi connectivity index (χ0v) is 12.4. The van der Waals surface area contributed by atoms with Crippen molar-refractivity contribution in [2.24, 2.45) is 0 Å². The van der Waals surface area contributed by atoms with Gasteiger partial charge in [-0.1, -0.05) is 28.1 Å². The highest BCUT2D eigenvalue weighted by atomic mass is 79.9. The molecule has 0 atom stereocenters. The lowest BCUT2D eigenvalue weighted by Gasteiger charge is -2.36. The fourth-order valence-corrected chi connectivity index (χ4v) is 3.35. The van der Waals surface area contributed by atoms with Gasteiger partial charge in [0.2, 0.25) is 0 Å². The predicted octanol–water partition coefficient (Wildman–Crippen LogP) is 3.94. The van der Waals surface area contributed by atoms with Gasteiger partial charge in [0, 0.05) is 28.1 Å². The fourth-order valence-electron chi connectivity index (χ4n) is 2.39. The molecule has 18 heavy (non-hydrogen) atoms. The van der Waals surface area contributed by atoms with Crippen LogP contribution in [0, 0.1) is 0 Å². The van der Waals surface area contributed by atoms with Gasteiger partial charge >= 0.3 is 0 Å². The maximum atomic E-state index is 4.09. The lowest BCUT2D eigenvalue weighted by atomic mass is 9.76. The molecule has 1 aliphatic carbocycles. The van der Waals surface area contributed by atoms with Crippen LogP contribution in [0.1, 0.15) is 29.2 Å². The van der Waals surface area contributed by atoms with Crippen molar-refractivity contribution >= 4 is 27.3 Å². The number of rotatable bonds is 4. The average molecular weight is 323 g/mol. The molecule has 0 unspecified atom stereocenters. The zero-order chi connectivity index (χ0) is 12.4. The van der Waals surface area contributed by atoms with E-state index >= 15 is 0 Å². The van der Waals surface area contributed by atoms with Crippen molar-refractivity contribution in [2.45, 2.75) is 31.3 Å². The first kappa shape index (κ1) is 12.3. The molecular formula is C14H15BrN2S. The van der Waals surface area contributed by atoms with Gasteiger partial charge in [0.25, 0.3) is 0 Å². The van der Waals surface area contributed by atoms with Gasteiger partial charge in [-0.15, -0.1) is 11.3 Å². The van der Waals surface area contributed by atoms with Gasteiger partial charge in [0.15, 0.2) is 0 Å². The molecule has 4 heteroatoms. The van der Waals surface area contributed by atoms with Crippen LogP contribution in [0.3, 0.4) is 0 Å². The number of aromatic nitrogens is 1. The van der Waals surface area contributed by atoms with Crippen LogP contribution in [-0.4, -0.2) is 11.0 Å². The molecule has 1 heterocycles. The summed E-state index contributed by atoms with van der Waals surface area (Å²) in [5.74, 6) is 0.724. The maximum Gasteiger partial charge on any atom is 0.0794 e. The van der Waals surface area contributed by atoms with E-state index in [9.17, 15) is 0 Å². The summed E-state index contributed by atoms with van der Waals surface area (Å²) >= 11 is 5.25. The molecule has 1 aromatic heterocycles. The van der Waals surface area contributed by atoms with Gasteiger partial charge in [-0.2, -0.15) is 0 Å². The summed E-state index contributed by atoms with van der Waals surface area (Å²) in [7, 11) is 0. The smallest absolute Gasteiger partial charge is 0.0794 e. The second-order valence-electron chi connectivity index (χ2n) is 4.77. The molecule has 94 valence electrons. The molecule has 0 aliphatic heterocycles. The first-order chi connectivity index (χ1) is 8.81. The summed E-state index contributed by atoms with van der Waals surface area (Å²) in [6.45, 7) is 0.959. The highest BCUT2D eigenvalue weighted by Crippen LogP contribution is 2.37. The molecule has 0 amide bonds. The molecule has 0 radical (unpaired) electrons. The van der Waals surface area contributed by atoms with Crippen molar-refractivity contribution in [3.63, 3.8) is 0 Å². The molecular weight excluding hydrogens is 308 g/mol. The third-order valence-electron chi connectivity index (χ3n) is 3.51. The Morgan fingerprint density at radius 2 is 2.28 bits per heavy atom. The van der Waals surface area contributed by atoms with Crippen LogP contribution in [0.15, 0.2) is 40.4 Å². The van der Waals surface area contributed by atoms with Crippen molar-refractivity contribution in [3.05, 3.63) is 50.9 Å². The Morgan fingerprint density at radius 1 is 1.39 bits per heavy atom. The SMILES string of the molecule is Brc1cccc(C2CC(NCc3cncs3)C2)c1. The van der Waals surface area contributed by atoms with Gasteiger partial charge in [0.05, 0.1) is 5.51 Å². The third-order valence-corrected chi connectivity index (χ3v) is 4.78. The highest BCUT2D eigenvalue weighted by molar-refractivity contribution is 9.10. The average Bonchev–Trinajstić information content (AvgIpc) is 2.80. The predicted molar refractivity (Wildman–Crippen MR) is 78.9 cm³/mol. The van der Waals surface area contributed by atoms with E-state index in [-0.39, 0.29) is 0 Å². The molecule has 1 N–H and O–H groups in total. The minimum Gasteiger partial charge on any atom is -0.309 e. The van der Waals surface area contributed by atoms with E-state index in [4.69, 9.17) is 0 Å². The van der Waals surface area contributed by atoms with Crippen LogP contribution in [0.4, 0.5) is 0 Å². The number of thiazole rings is 1. The molecule has 1 aliphatic rings. The van der Waals surface area contributed by atoms with E-state index in [0.717, 1.165) is 12.5 Å². The monoisotopic (exact) mass is 322 g/mol. The van der Waals surface area contributed by atoms with Crippen LogP contribution >= 0.6 is 27.3 Å². The minimum absolute atomic E-state index is 0.663. The van der Waals surface area contributed by atoms with Gasteiger partial charge in [-0.05, 0) is 36.5 Å². The van der Waals surface area contributed by atoms with Crippen LogP contribution in [-0.2, 0) is 6.54 Å². The first-order valence-electron chi connectivity index (χ1n) is 6.17. The summed E-state index contributed by atoms with van der Waals surface area (Å²) in [5, 5.41) is 3.59. The molecule has 3 rings (SSSR count). The third kappa shape index (κ3) is 2.82. The molecule has 0 spiro atoms. The summed E-state index contributed by atoms with van der Waals surface area (Å²) in [5.41, 5.74) is 3.35. The quantitative estimate of drug-likeness (QED) is 0.922. The molecule has 1 fully saturated rings. The number of benzene rings is 1. The number of nitrogens with one attached hydrogen (secondary N) is 1. The zero-order valence-electron chi connectivity index (χ0n) is 9.97. The van der Waals surface area contributed by atoms with Gasteiger partial charge in [-0.3, -0.25) is 4.98 Å². The lowest BCUT2D eigenvalue weighted by molar-refractivity contribution is 0.290. The standard InChI is InChI=1S/C14H15BrN2S/c15-12-3-1-2-10(4-12)11-5-13(6-11)17-8-14-7-16-9-18-14/h1-4,7,9,11,13,17H,5-6,8H2. The van der Waals surface area contributed by atoms with Crippen molar-refractivity contribution in [1.82, 2.24) is 10.3 Å². The number of nitrogens with zero attached hydrogens (tertiary/aromatic N) is 1. The van der Waals surface area contributed by atoms with Crippen molar-refractivity contribution < 1.29 is 0 Å². The maximum absolute atomic E-state index is 4.09. The van der Waals surface area contributed by atoms with Crippen molar-refractivity contribution in [3.8, 4) is 0 Å². The van der Waals surface area contributed by atoms with Crippen molar-refractivity contribution in [2.75, 3.05) is 0 Å². The summed E-state index contributed by atoms with van der Waals surface area (Å²) < 4.78 is 1.18. The molecule has 0 saturated heterocycles. The van der Waals surface area contributed by atoms with Crippen LogP contribution in [0.5, 0.6) is 0 Å². The Bertz CT molecular complexity index is 506. The Hall–Kier alpha value is -0.710. The lowest BCUT2D eigenvalue weighted by Crippen LogP contribution is -2.39. The van der Waals surface area contributed by atoms with E-state index in [2.05, 4.69) is 50.5 Å². The normalized spacial score (nSPS) is 22.7. The Kier molecular flexibility index (Phi) is 3.77. The van der Waals surface area contributed by atoms with Crippen LogP contribution in [0.25, 0.3) is 0 Å². The summed E-state index contributed by atoms with van der Waals surface area (Å²) in [4.78, 5) is 5.41. The summed E-state index contributed by atoms with van der Waals surface area (Å²) in [6.07, 6.45) is 4.44. The molecule has 2 nitrogen and oxygen atoms in total. The Labute approximate surface area is 120 Å². The number of hydrogen-bond donors (Lipinski definition) is 1. The second kappa shape index (κ2) is 5.51. The number of halogens is 1. The van der Waals surface area contributed by atoms with Crippen LogP contribution in [0.2, 0.25) is 0 Å². The topological polar surface area (TPSA) is 24.9 Å². The minimum atomic E-state index is 0.663. The Morgan fingerprint density at radius 3 is 3.00 bits per heavy atom. The second-order valence-corrected chi connectivity index (χ2v) is 6.66. The largest absolute Gasteiger partial charge is 0.309 e. The summed E-state index contributed by atoms with van der Waals surface area (Å²) in [6, 6.07) is 9.34. The van der Waals surface area contributed by atoms with E-state index < -0.39 is 0 Å². The fraction of sp³-hybridized carbons (Fsp3) is 0.357. The van der Waals surface area contributed by atoms with E-state index in [1.165, 1.54) is 27.8 Å². The van der Waals surface area contributed by atoms with E-state index in [1.807, 2.05) is 11.7 Å². The van der Waals surface area contributed by atoms with Crippen LogP contribution < -0.4 is 5.32 Å². The molecule has 2 aromatic rings. The van der Waals surface area contributed by atoms with Gasteiger partial charge < -0.3 is 5.32 Å². The Balaban J connectivity index is 1.48. The van der Waals surface area contributed by atoms with E-state index in [0.29, 0.717) is 6.04 Å². The molecule has 1 saturated carbocycles. The van der Waals surface area contributed by atoms with Crippen molar-refractivity contribution in [1.29, 1.82) is 0 Å². The molecule has 1 aromatic carbocycles. The van der Waals surface area contributed by atoms with E-state index in [1.54, 1.807) is 11.3 Å². The number of hydrogen-bond acceptors (Lipinski definition) is 3. The molecule has 0 bridgehead atoms. The highest BCUT2D eigenvalue weighted by Gasteiger charge is 2.29.